The average Bonchev–Trinajstić information content (AvgIpc) is 2.56. The fourth-order valence-corrected chi connectivity index (χ4v) is 2.32. The third-order valence-electron chi connectivity index (χ3n) is 2.19. The Hall–Kier alpha value is -0.660. The van der Waals surface area contributed by atoms with Crippen molar-refractivity contribution in [3.63, 3.8) is 0 Å². The lowest BCUT2D eigenvalue weighted by Gasteiger charge is -2.27. The van der Waals surface area contributed by atoms with Crippen molar-refractivity contribution in [3.8, 4) is 0 Å². The van der Waals surface area contributed by atoms with Crippen LogP contribution in [0.15, 0.2) is 5.16 Å². The molecule has 1 saturated heterocycles. The fourth-order valence-electron chi connectivity index (χ4n) is 1.31. The maximum atomic E-state index is 5.97. The van der Waals surface area contributed by atoms with Gasteiger partial charge < -0.3 is 10.5 Å². The molecule has 1 aliphatic heterocycles. The molecule has 14 heavy (non-hydrogen) atoms. The van der Waals surface area contributed by atoms with E-state index in [1.54, 1.807) is 16.4 Å². The largest absolute Gasteiger partial charge is 0.380 e. The first kappa shape index (κ1) is 9.88. The van der Waals surface area contributed by atoms with Crippen LogP contribution in [0.25, 0.3) is 0 Å². The number of hydrogen-bond donors (Lipinski definition) is 1. The highest BCUT2D eigenvalue weighted by Gasteiger charge is 2.25. The fraction of sp³-hybridized carbons (Fsp3) is 0.857. The standard InChI is InChI=1S/C7H13N5OS/c1-12-7(9-10-11-12)14-6-4-13-3-2-5(6)8/h5-6H,2-4,8H2,1H3. The Bertz CT molecular complexity index is 304. The van der Waals surface area contributed by atoms with Gasteiger partial charge in [0, 0.05) is 19.7 Å². The second-order valence-electron chi connectivity index (χ2n) is 3.27. The van der Waals surface area contributed by atoms with Crippen LogP contribution < -0.4 is 5.73 Å². The molecule has 1 aliphatic rings. The molecule has 2 N–H and O–H groups in total. The summed E-state index contributed by atoms with van der Waals surface area (Å²) in [6.45, 7) is 1.44. The van der Waals surface area contributed by atoms with Gasteiger partial charge in [-0.1, -0.05) is 11.8 Å². The zero-order valence-electron chi connectivity index (χ0n) is 7.96. The second-order valence-corrected chi connectivity index (χ2v) is 4.48. The Morgan fingerprint density at radius 3 is 3.14 bits per heavy atom. The van der Waals surface area contributed by atoms with Crippen LogP contribution in [0.4, 0.5) is 0 Å². The molecule has 0 bridgehead atoms. The minimum atomic E-state index is 0.172. The molecule has 1 aromatic rings. The summed E-state index contributed by atoms with van der Waals surface area (Å²) in [4.78, 5) is 0. The number of tetrazole rings is 1. The molecule has 1 fully saturated rings. The van der Waals surface area contributed by atoms with Crippen LogP contribution in [-0.4, -0.2) is 44.7 Å². The molecular weight excluding hydrogens is 202 g/mol. The van der Waals surface area contributed by atoms with E-state index in [4.69, 9.17) is 10.5 Å². The highest BCUT2D eigenvalue weighted by molar-refractivity contribution is 7.99. The minimum absolute atomic E-state index is 0.172. The maximum Gasteiger partial charge on any atom is 0.209 e. The molecule has 0 spiro atoms. The monoisotopic (exact) mass is 215 g/mol. The van der Waals surface area contributed by atoms with E-state index in [9.17, 15) is 0 Å². The van der Waals surface area contributed by atoms with Crippen LogP contribution in [0.1, 0.15) is 6.42 Å². The molecule has 0 amide bonds. The van der Waals surface area contributed by atoms with Crippen molar-refractivity contribution < 1.29 is 4.74 Å². The van der Waals surface area contributed by atoms with Crippen LogP contribution in [0.2, 0.25) is 0 Å². The number of thioether (sulfide) groups is 1. The second kappa shape index (κ2) is 4.24. The predicted octanol–water partition coefficient (Wildman–Crippen LogP) is -0.582. The zero-order valence-corrected chi connectivity index (χ0v) is 8.78. The molecule has 2 unspecified atom stereocenters. The van der Waals surface area contributed by atoms with E-state index in [0.29, 0.717) is 6.61 Å². The molecule has 6 nitrogen and oxygen atoms in total. The molecule has 0 radical (unpaired) electrons. The maximum absolute atomic E-state index is 5.97. The van der Waals surface area contributed by atoms with Crippen molar-refractivity contribution in [3.05, 3.63) is 0 Å². The van der Waals surface area contributed by atoms with Crippen molar-refractivity contribution in [2.75, 3.05) is 13.2 Å². The first-order chi connectivity index (χ1) is 6.77. The van der Waals surface area contributed by atoms with Crippen LogP contribution >= 0.6 is 11.8 Å². The molecule has 2 atom stereocenters. The van der Waals surface area contributed by atoms with Gasteiger partial charge >= 0.3 is 0 Å². The molecule has 78 valence electrons. The van der Waals surface area contributed by atoms with E-state index in [1.165, 1.54) is 0 Å². The minimum Gasteiger partial charge on any atom is -0.380 e. The number of aryl methyl sites for hydroxylation is 1. The first-order valence-corrected chi connectivity index (χ1v) is 5.37. The molecule has 0 aliphatic carbocycles. The Labute approximate surface area is 86.2 Å². The number of ether oxygens (including phenoxy) is 1. The van der Waals surface area contributed by atoms with Gasteiger partial charge in [-0.3, -0.25) is 0 Å². The first-order valence-electron chi connectivity index (χ1n) is 4.49. The van der Waals surface area contributed by atoms with Gasteiger partial charge in [0.2, 0.25) is 5.16 Å². The zero-order chi connectivity index (χ0) is 9.97. The summed E-state index contributed by atoms with van der Waals surface area (Å²) in [7, 11) is 1.82. The Balaban J connectivity index is 1.99. The van der Waals surface area contributed by atoms with Crippen molar-refractivity contribution in [1.29, 1.82) is 0 Å². The van der Waals surface area contributed by atoms with Crippen LogP contribution in [0.5, 0.6) is 0 Å². The molecule has 7 heteroatoms. The van der Waals surface area contributed by atoms with Gasteiger partial charge in [-0.15, -0.1) is 5.10 Å². The van der Waals surface area contributed by atoms with Gasteiger partial charge in [0.1, 0.15) is 0 Å². The quantitative estimate of drug-likeness (QED) is 0.711. The third kappa shape index (κ3) is 2.05. The third-order valence-corrected chi connectivity index (χ3v) is 3.54. The van der Waals surface area contributed by atoms with Gasteiger partial charge in [0.15, 0.2) is 0 Å². The Kier molecular flexibility index (Phi) is 2.99. The van der Waals surface area contributed by atoms with Gasteiger partial charge in [0.25, 0.3) is 0 Å². The molecule has 2 rings (SSSR count). The van der Waals surface area contributed by atoms with Crippen LogP contribution in [-0.2, 0) is 11.8 Å². The van der Waals surface area contributed by atoms with E-state index >= 15 is 0 Å². The number of rotatable bonds is 2. The lowest BCUT2D eigenvalue weighted by Crippen LogP contribution is -2.41. The highest BCUT2D eigenvalue weighted by Crippen LogP contribution is 2.25. The smallest absolute Gasteiger partial charge is 0.209 e. The van der Waals surface area contributed by atoms with Gasteiger partial charge in [0.05, 0.1) is 11.9 Å². The van der Waals surface area contributed by atoms with Crippen molar-refractivity contribution in [2.45, 2.75) is 22.9 Å². The van der Waals surface area contributed by atoms with E-state index in [0.717, 1.165) is 18.2 Å². The van der Waals surface area contributed by atoms with Crippen molar-refractivity contribution in [2.24, 2.45) is 12.8 Å². The van der Waals surface area contributed by atoms with Crippen molar-refractivity contribution in [1.82, 2.24) is 20.2 Å². The van der Waals surface area contributed by atoms with Crippen LogP contribution in [0, 0.1) is 0 Å². The number of nitrogens with zero attached hydrogens (tertiary/aromatic N) is 4. The van der Waals surface area contributed by atoms with E-state index < -0.39 is 0 Å². The van der Waals surface area contributed by atoms with Gasteiger partial charge in [-0.2, -0.15) is 0 Å². The molecule has 0 saturated carbocycles. The SMILES string of the molecule is Cn1nnnc1SC1COCCC1N. The van der Waals surface area contributed by atoms with E-state index in [-0.39, 0.29) is 11.3 Å². The molecular formula is C7H13N5OS. The summed E-state index contributed by atoms with van der Waals surface area (Å²) >= 11 is 1.58. The lowest BCUT2D eigenvalue weighted by molar-refractivity contribution is 0.0915. The van der Waals surface area contributed by atoms with E-state index in [2.05, 4.69) is 15.5 Å². The average molecular weight is 215 g/mol. The number of aromatic nitrogens is 4. The predicted molar refractivity (Wildman–Crippen MR) is 51.9 cm³/mol. The van der Waals surface area contributed by atoms with Gasteiger partial charge in [-0.05, 0) is 16.8 Å². The Morgan fingerprint density at radius 1 is 1.64 bits per heavy atom. The molecule has 0 aromatic carbocycles. The number of hydrogen-bond acceptors (Lipinski definition) is 6. The molecule has 1 aromatic heterocycles. The normalized spacial score (nSPS) is 27.9. The topological polar surface area (TPSA) is 78.8 Å². The Morgan fingerprint density at radius 2 is 2.50 bits per heavy atom. The van der Waals surface area contributed by atoms with Gasteiger partial charge in [-0.25, -0.2) is 4.68 Å². The summed E-state index contributed by atoms with van der Waals surface area (Å²) in [5.74, 6) is 0. The molecule has 2 heterocycles. The summed E-state index contributed by atoms with van der Waals surface area (Å²) in [5, 5.41) is 12.3. The van der Waals surface area contributed by atoms with Crippen LogP contribution in [0.3, 0.4) is 0 Å². The summed E-state index contributed by atoms with van der Waals surface area (Å²) in [6, 6.07) is 0.172. The highest BCUT2D eigenvalue weighted by atomic mass is 32.2. The summed E-state index contributed by atoms with van der Waals surface area (Å²) in [5.41, 5.74) is 5.97. The lowest BCUT2D eigenvalue weighted by atomic mass is 10.1. The van der Waals surface area contributed by atoms with E-state index in [1.807, 2.05) is 7.05 Å². The van der Waals surface area contributed by atoms with Crippen molar-refractivity contribution >= 4 is 11.8 Å². The summed E-state index contributed by atoms with van der Waals surface area (Å²) in [6.07, 6.45) is 0.906. The summed E-state index contributed by atoms with van der Waals surface area (Å²) < 4.78 is 7.01. The number of nitrogens with two attached hydrogens (primary N) is 1.